The Hall–Kier alpha value is -1.40. The first kappa shape index (κ1) is 16.0. The number of aliphatic hydroxyl groups is 1. The molecular weight excluding hydrogens is 310 g/mol. The molecule has 0 atom stereocenters. The van der Waals surface area contributed by atoms with Crippen LogP contribution in [-0.4, -0.2) is 27.6 Å². The van der Waals surface area contributed by atoms with E-state index in [-0.39, 0.29) is 13.2 Å². The van der Waals surface area contributed by atoms with Crippen molar-refractivity contribution in [3.05, 3.63) is 56.7 Å². The maximum atomic E-state index is 11.0. The average molecular weight is 326 g/mol. The van der Waals surface area contributed by atoms with Crippen LogP contribution in [0.15, 0.2) is 36.4 Å². The fourth-order valence-electron chi connectivity index (χ4n) is 2.02. The van der Waals surface area contributed by atoms with E-state index in [2.05, 4.69) is 0 Å². The summed E-state index contributed by atoms with van der Waals surface area (Å²) in [5, 5.41) is 18.1. The van der Waals surface area contributed by atoms with Gasteiger partial charge in [-0.25, -0.2) is 0 Å². The number of carboxylic acid groups (broad SMARTS) is 1. The average Bonchev–Trinajstić information content (AvgIpc) is 2.84. The Morgan fingerprint density at radius 1 is 1.10 bits per heavy atom. The highest BCUT2D eigenvalue weighted by molar-refractivity contribution is 7.16. The van der Waals surface area contributed by atoms with Gasteiger partial charge in [0.15, 0.2) is 0 Å². The highest BCUT2D eigenvalue weighted by Crippen LogP contribution is 2.23. The van der Waals surface area contributed by atoms with Crippen LogP contribution in [0.5, 0.6) is 0 Å². The summed E-state index contributed by atoms with van der Waals surface area (Å²) in [5.41, 5.74) is 1.85. The number of halogens is 1. The van der Waals surface area contributed by atoms with Crippen molar-refractivity contribution in [2.24, 2.45) is 0 Å². The van der Waals surface area contributed by atoms with Crippen molar-refractivity contribution >= 4 is 28.9 Å². The van der Waals surface area contributed by atoms with E-state index in [1.165, 1.54) is 11.3 Å². The van der Waals surface area contributed by atoms with Crippen molar-refractivity contribution in [2.45, 2.75) is 19.7 Å². The van der Waals surface area contributed by atoms with E-state index in [4.69, 9.17) is 21.8 Å². The number of thiophene rings is 1. The quantitative estimate of drug-likeness (QED) is 0.821. The van der Waals surface area contributed by atoms with Gasteiger partial charge in [-0.1, -0.05) is 35.9 Å². The Bertz CT molecular complexity index is 597. The number of aliphatic hydroxyl groups excluding tert-OH is 1. The highest BCUT2D eigenvalue weighted by Gasteiger charge is 2.12. The number of benzene rings is 1. The van der Waals surface area contributed by atoms with Crippen LogP contribution in [0.25, 0.3) is 0 Å². The standard InChI is InChI=1S/C15H16ClNO3S/c16-14-6-5-13(21-14)8-17(9-15(19)20)7-11-1-3-12(10-18)4-2-11/h1-6,18H,7-10H2,(H,19,20). The van der Waals surface area contributed by atoms with E-state index in [0.29, 0.717) is 17.4 Å². The first-order valence-electron chi connectivity index (χ1n) is 6.44. The van der Waals surface area contributed by atoms with Gasteiger partial charge in [-0.15, -0.1) is 11.3 Å². The van der Waals surface area contributed by atoms with Crippen molar-refractivity contribution in [1.82, 2.24) is 4.90 Å². The number of nitrogens with zero attached hydrogens (tertiary/aromatic N) is 1. The lowest BCUT2D eigenvalue weighted by Gasteiger charge is -2.19. The summed E-state index contributed by atoms with van der Waals surface area (Å²) in [6.45, 7) is 1.06. The zero-order valence-electron chi connectivity index (χ0n) is 11.3. The Morgan fingerprint density at radius 2 is 1.76 bits per heavy atom. The third kappa shape index (κ3) is 5.13. The fourth-order valence-corrected chi connectivity index (χ4v) is 3.15. The summed E-state index contributed by atoms with van der Waals surface area (Å²) in [5.74, 6) is -0.857. The van der Waals surface area contributed by atoms with E-state index < -0.39 is 5.97 Å². The van der Waals surface area contributed by atoms with Gasteiger partial charge in [0, 0.05) is 18.0 Å². The lowest BCUT2D eigenvalue weighted by Crippen LogP contribution is -2.28. The van der Waals surface area contributed by atoms with E-state index in [9.17, 15) is 4.79 Å². The minimum absolute atomic E-state index is 0.00676. The van der Waals surface area contributed by atoms with Crippen LogP contribution in [-0.2, 0) is 24.5 Å². The summed E-state index contributed by atoms with van der Waals surface area (Å²) >= 11 is 7.36. The van der Waals surface area contributed by atoms with Gasteiger partial charge in [-0.2, -0.15) is 0 Å². The molecule has 0 amide bonds. The number of hydrogen-bond acceptors (Lipinski definition) is 4. The molecule has 0 spiro atoms. The van der Waals surface area contributed by atoms with Gasteiger partial charge in [0.25, 0.3) is 0 Å². The zero-order chi connectivity index (χ0) is 15.2. The first-order valence-corrected chi connectivity index (χ1v) is 7.63. The number of hydrogen-bond donors (Lipinski definition) is 2. The van der Waals surface area contributed by atoms with Gasteiger partial charge in [0.2, 0.25) is 0 Å². The molecule has 21 heavy (non-hydrogen) atoms. The molecule has 0 aliphatic rings. The Labute approximate surface area is 132 Å². The molecule has 1 aromatic carbocycles. The van der Waals surface area contributed by atoms with E-state index in [0.717, 1.165) is 16.0 Å². The van der Waals surface area contributed by atoms with Gasteiger partial charge in [0.05, 0.1) is 17.5 Å². The second-order valence-electron chi connectivity index (χ2n) is 4.72. The number of rotatable bonds is 7. The zero-order valence-corrected chi connectivity index (χ0v) is 12.9. The number of aliphatic carboxylic acids is 1. The van der Waals surface area contributed by atoms with Crippen molar-refractivity contribution in [1.29, 1.82) is 0 Å². The maximum absolute atomic E-state index is 11.0. The molecule has 1 heterocycles. The molecule has 0 unspecified atom stereocenters. The molecule has 0 bridgehead atoms. The van der Waals surface area contributed by atoms with Gasteiger partial charge in [-0.3, -0.25) is 9.69 Å². The Morgan fingerprint density at radius 3 is 2.29 bits per heavy atom. The van der Waals surface area contributed by atoms with Gasteiger partial charge in [0.1, 0.15) is 0 Å². The van der Waals surface area contributed by atoms with Crippen LogP contribution < -0.4 is 0 Å². The van der Waals surface area contributed by atoms with Crippen LogP contribution in [0.1, 0.15) is 16.0 Å². The molecule has 1 aromatic heterocycles. The molecule has 2 N–H and O–H groups in total. The van der Waals surface area contributed by atoms with Crippen molar-refractivity contribution in [2.75, 3.05) is 6.54 Å². The normalized spacial score (nSPS) is 11.0. The summed E-state index contributed by atoms with van der Waals surface area (Å²) in [4.78, 5) is 13.9. The predicted molar refractivity (Wildman–Crippen MR) is 83.4 cm³/mol. The van der Waals surface area contributed by atoms with Crippen molar-refractivity contribution in [3.63, 3.8) is 0 Å². The molecule has 6 heteroatoms. The maximum Gasteiger partial charge on any atom is 0.317 e. The smallest absolute Gasteiger partial charge is 0.317 e. The topological polar surface area (TPSA) is 60.8 Å². The van der Waals surface area contributed by atoms with Gasteiger partial charge < -0.3 is 10.2 Å². The van der Waals surface area contributed by atoms with Crippen LogP contribution in [0.3, 0.4) is 0 Å². The lowest BCUT2D eigenvalue weighted by molar-refractivity contribution is -0.138. The second kappa shape index (κ2) is 7.56. The molecule has 112 valence electrons. The predicted octanol–water partition coefficient (Wildman–Crippen LogP) is 2.98. The van der Waals surface area contributed by atoms with E-state index >= 15 is 0 Å². The third-order valence-corrected chi connectivity index (χ3v) is 4.19. The van der Waals surface area contributed by atoms with Gasteiger partial charge in [-0.05, 0) is 23.3 Å². The van der Waals surface area contributed by atoms with Crippen molar-refractivity contribution < 1.29 is 15.0 Å². The van der Waals surface area contributed by atoms with Crippen LogP contribution in [0.4, 0.5) is 0 Å². The molecular formula is C15H16ClNO3S. The fraction of sp³-hybridized carbons (Fsp3) is 0.267. The van der Waals surface area contributed by atoms with Crippen LogP contribution in [0, 0.1) is 0 Å². The monoisotopic (exact) mass is 325 g/mol. The SMILES string of the molecule is O=C(O)CN(Cc1ccc(CO)cc1)Cc1ccc(Cl)s1. The molecule has 0 radical (unpaired) electrons. The largest absolute Gasteiger partial charge is 0.480 e. The minimum Gasteiger partial charge on any atom is -0.480 e. The summed E-state index contributed by atoms with van der Waals surface area (Å²) < 4.78 is 0.701. The second-order valence-corrected chi connectivity index (χ2v) is 6.52. The Kier molecular flexibility index (Phi) is 5.76. The Balaban J connectivity index is 2.05. The van der Waals surface area contributed by atoms with Gasteiger partial charge >= 0.3 is 5.97 Å². The molecule has 2 aromatic rings. The summed E-state index contributed by atoms with van der Waals surface area (Å²) in [7, 11) is 0. The van der Waals surface area contributed by atoms with Crippen LogP contribution >= 0.6 is 22.9 Å². The molecule has 4 nitrogen and oxygen atoms in total. The first-order chi connectivity index (χ1) is 10.1. The minimum atomic E-state index is -0.857. The molecule has 0 aliphatic heterocycles. The highest BCUT2D eigenvalue weighted by atomic mass is 35.5. The molecule has 0 saturated heterocycles. The van der Waals surface area contributed by atoms with Crippen LogP contribution in [0.2, 0.25) is 4.34 Å². The number of carbonyl (C=O) groups is 1. The third-order valence-electron chi connectivity index (χ3n) is 2.98. The molecule has 0 aliphatic carbocycles. The lowest BCUT2D eigenvalue weighted by atomic mass is 10.1. The van der Waals surface area contributed by atoms with E-state index in [1.54, 1.807) is 0 Å². The molecule has 0 saturated carbocycles. The summed E-state index contributed by atoms with van der Waals surface area (Å²) in [6.07, 6.45) is 0. The summed E-state index contributed by atoms with van der Waals surface area (Å²) in [6, 6.07) is 11.2. The number of carboxylic acids is 1. The molecule has 2 rings (SSSR count). The molecule has 0 fully saturated rings. The van der Waals surface area contributed by atoms with E-state index in [1.807, 2.05) is 41.3 Å². The van der Waals surface area contributed by atoms with Crippen molar-refractivity contribution in [3.8, 4) is 0 Å².